The second-order valence-electron chi connectivity index (χ2n) is 4.61. The zero-order chi connectivity index (χ0) is 13.8. The first-order chi connectivity index (χ1) is 9.08. The molecule has 2 N–H and O–H groups in total. The fourth-order valence-corrected chi connectivity index (χ4v) is 3.37. The maximum atomic E-state index is 12.1. The van der Waals surface area contributed by atoms with Crippen molar-refractivity contribution >= 4 is 34.0 Å². The Morgan fingerprint density at radius 2 is 2.00 bits per heavy atom. The lowest BCUT2D eigenvalue weighted by molar-refractivity contribution is -0.129. The fraction of sp³-hybridized carbons (Fsp3) is 0.462. The molecule has 4 nitrogen and oxygen atoms in total. The SMILES string of the molecule is Nc1ccc(S(=O)CC(=O)N2CCCCC2)cc1Cl. The summed E-state index contributed by atoms with van der Waals surface area (Å²) >= 11 is 5.89. The van der Waals surface area contributed by atoms with E-state index in [-0.39, 0.29) is 11.7 Å². The highest BCUT2D eigenvalue weighted by atomic mass is 35.5. The molecule has 0 aliphatic carbocycles. The monoisotopic (exact) mass is 300 g/mol. The van der Waals surface area contributed by atoms with Gasteiger partial charge in [-0.2, -0.15) is 0 Å². The summed E-state index contributed by atoms with van der Waals surface area (Å²) < 4.78 is 12.1. The minimum Gasteiger partial charge on any atom is -0.398 e. The van der Waals surface area contributed by atoms with E-state index in [0.717, 1.165) is 25.9 Å². The van der Waals surface area contributed by atoms with Crippen molar-refractivity contribution in [1.82, 2.24) is 4.90 Å². The first-order valence-electron chi connectivity index (χ1n) is 6.29. The summed E-state index contributed by atoms with van der Waals surface area (Å²) in [5.74, 6) is -0.0359. The molecule has 1 unspecified atom stereocenters. The molecule has 1 aliphatic rings. The molecule has 6 heteroatoms. The van der Waals surface area contributed by atoms with Crippen LogP contribution in [0.25, 0.3) is 0 Å². The second kappa shape index (κ2) is 6.39. The number of hydrogen-bond donors (Lipinski definition) is 1. The van der Waals surface area contributed by atoms with Crippen LogP contribution in [0.3, 0.4) is 0 Å². The highest BCUT2D eigenvalue weighted by Crippen LogP contribution is 2.22. The van der Waals surface area contributed by atoms with E-state index in [1.807, 2.05) is 0 Å². The van der Waals surface area contributed by atoms with Gasteiger partial charge in [-0.25, -0.2) is 0 Å². The number of amides is 1. The molecule has 1 aromatic rings. The Labute approximate surface area is 120 Å². The Morgan fingerprint density at radius 1 is 1.32 bits per heavy atom. The van der Waals surface area contributed by atoms with Gasteiger partial charge in [0.2, 0.25) is 5.91 Å². The maximum Gasteiger partial charge on any atom is 0.235 e. The molecule has 0 bridgehead atoms. The summed E-state index contributed by atoms with van der Waals surface area (Å²) in [6, 6.07) is 4.83. The zero-order valence-electron chi connectivity index (χ0n) is 10.6. The van der Waals surface area contributed by atoms with Crippen LogP contribution in [0.15, 0.2) is 23.1 Å². The standard InChI is InChI=1S/C13H17ClN2O2S/c14-11-8-10(4-5-12(11)15)19(18)9-13(17)16-6-2-1-3-7-16/h4-5,8H,1-3,6-7,9,15H2. The third-order valence-corrected chi connectivity index (χ3v) is 4.81. The van der Waals surface area contributed by atoms with E-state index in [1.165, 1.54) is 6.42 Å². The Bertz CT molecular complexity index is 501. The lowest BCUT2D eigenvalue weighted by Gasteiger charge is -2.26. The van der Waals surface area contributed by atoms with Crippen molar-refractivity contribution in [2.75, 3.05) is 24.6 Å². The lowest BCUT2D eigenvalue weighted by Crippen LogP contribution is -2.38. The lowest BCUT2D eigenvalue weighted by atomic mass is 10.1. The molecule has 1 aromatic carbocycles. The number of nitrogens with zero attached hydrogens (tertiary/aromatic N) is 1. The molecule has 1 saturated heterocycles. The number of anilines is 1. The van der Waals surface area contributed by atoms with Crippen molar-refractivity contribution in [3.8, 4) is 0 Å². The van der Waals surface area contributed by atoms with Gasteiger partial charge >= 0.3 is 0 Å². The van der Waals surface area contributed by atoms with E-state index < -0.39 is 10.8 Å². The largest absolute Gasteiger partial charge is 0.398 e. The Hall–Kier alpha value is -1.07. The van der Waals surface area contributed by atoms with Crippen molar-refractivity contribution in [3.63, 3.8) is 0 Å². The summed E-state index contributed by atoms with van der Waals surface area (Å²) in [5, 5.41) is 0.372. The smallest absolute Gasteiger partial charge is 0.235 e. The van der Waals surface area contributed by atoms with Gasteiger partial charge in [-0.3, -0.25) is 9.00 Å². The van der Waals surface area contributed by atoms with Crippen LogP contribution >= 0.6 is 11.6 Å². The average Bonchev–Trinajstić information content (AvgIpc) is 2.42. The Balaban J connectivity index is 1.99. The first-order valence-corrected chi connectivity index (χ1v) is 7.99. The molecule has 19 heavy (non-hydrogen) atoms. The van der Waals surface area contributed by atoms with Gasteiger partial charge in [0.15, 0.2) is 0 Å². The number of likely N-dealkylation sites (tertiary alicyclic amines) is 1. The van der Waals surface area contributed by atoms with Gasteiger partial charge in [-0.1, -0.05) is 11.6 Å². The van der Waals surface area contributed by atoms with Gasteiger partial charge < -0.3 is 10.6 Å². The molecule has 1 atom stereocenters. The molecule has 1 heterocycles. The summed E-state index contributed by atoms with van der Waals surface area (Å²) in [6.45, 7) is 1.55. The van der Waals surface area contributed by atoms with Crippen molar-refractivity contribution in [1.29, 1.82) is 0 Å². The van der Waals surface area contributed by atoms with E-state index >= 15 is 0 Å². The number of hydrogen-bond acceptors (Lipinski definition) is 3. The number of nitrogen functional groups attached to an aromatic ring is 1. The van der Waals surface area contributed by atoms with Gasteiger partial charge in [0.1, 0.15) is 5.75 Å². The van der Waals surface area contributed by atoms with Crippen LogP contribution in [0.5, 0.6) is 0 Å². The van der Waals surface area contributed by atoms with Gasteiger partial charge in [0.25, 0.3) is 0 Å². The predicted octanol–water partition coefficient (Wildman–Crippen LogP) is 2.04. The van der Waals surface area contributed by atoms with Gasteiger partial charge in [-0.05, 0) is 37.5 Å². The van der Waals surface area contributed by atoms with Crippen molar-refractivity contribution < 1.29 is 9.00 Å². The molecular weight excluding hydrogens is 284 g/mol. The van der Waals surface area contributed by atoms with Crippen LogP contribution in [-0.2, 0) is 15.6 Å². The molecule has 1 fully saturated rings. The minimum atomic E-state index is -1.36. The molecule has 104 valence electrons. The van der Waals surface area contributed by atoms with Crippen molar-refractivity contribution in [2.45, 2.75) is 24.2 Å². The van der Waals surface area contributed by atoms with E-state index in [1.54, 1.807) is 23.1 Å². The molecular formula is C13H17ClN2O2S. The third-order valence-electron chi connectivity index (χ3n) is 3.20. The van der Waals surface area contributed by atoms with E-state index in [4.69, 9.17) is 17.3 Å². The van der Waals surface area contributed by atoms with E-state index in [0.29, 0.717) is 15.6 Å². The Kier molecular flexibility index (Phi) is 4.82. The number of halogens is 1. The Morgan fingerprint density at radius 3 is 2.63 bits per heavy atom. The number of piperidine rings is 1. The van der Waals surface area contributed by atoms with Crippen LogP contribution < -0.4 is 5.73 Å². The molecule has 1 aliphatic heterocycles. The fourth-order valence-electron chi connectivity index (χ4n) is 2.08. The average molecular weight is 301 g/mol. The van der Waals surface area contributed by atoms with Crippen LogP contribution in [0.4, 0.5) is 5.69 Å². The molecule has 2 rings (SSSR count). The van der Waals surface area contributed by atoms with E-state index in [9.17, 15) is 9.00 Å². The molecule has 0 radical (unpaired) electrons. The molecule has 0 saturated carbocycles. The van der Waals surface area contributed by atoms with E-state index in [2.05, 4.69) is 0 Å². The minimum absolute atomic E-state index is 0.0141. The van der Waals surface area contributed by atoms with Crippen LogP contribution in [0.2, 0.25) is 5.02 Å². The van der Waals surface area contributed by atoms with Gasteiger partial charge in [-0.15, -0.1) is 0 Å². The predicted molar refractivity (Wildman–Crippen MR) is 77.6 cm³/mol. The number of rotatable bonds is 3. The topological polar surface area (TPSA) is 63.4 Å². The molecule has 1 amide bonds. The van der Waals surface area contributed by atoms with Gasteiger partial charge in [0, 0.05) is 18.0 Å². The summed E-state index contributed by atoms with van der Waals surface area (Å²) in [6.07, 6.45) is 3.23. The quantitative estimate of drug-likeness (QED) is 0.869. The maximum absolute atomic E-state index is 12.1. The molecule has 0 aromatic heterocycles. The summed E-state index contributed by atoms with van der Waals surface area (Å²) in [4.78, 5) is 14.3. The van der Waals surface area contributed by atoms with Crippen LogP contribution in [-0.4, -0.2) is 33.9 Å². The van der Waals surface area contributed by atoms with Crippen molar-refractivity contribution in [2.24, 2.45) is 0 Å². The van der Waals surface area contributed by atoms with Gasteiger partial charge in [0.05, 0.1) is 21.5 Å². The normalized spacial score (nSPS) is 17.2. The van der Waals surface area contributed by atoms with Crippen molar-refractivity contribution in [3.05, 3.63) is 23.2 Å². The highest BCUT2D eigenvalue weighted by Gasteiger charge is 2.19. The number of carbonyl (C=O) groups excluding carboxylic acids is 1. The first kappa shape index (κ1) is 14.3. The second-order valence-corrected chi connectivity index (χ2v) is 6.47. The number of nitrogens with two attached hydrogens (primary N) is 1. The highest BCUT2D eigenvalue weighted by molar-refractivity contribution is 7.85. The van der Waals surface area contributed by atoms with Crippen LogP contribution in [0.1, 0.15) is 19.3 Å². The zero-order valence-corrected chi connectivity index (χ0v) is 12.2. The summed E-state index contributed by atoms with van der Waals surface area (Å²) in [7, 11) is -1.36. The summed E-state index contributed by atoms with van der Waals surface area (Å²) in [5.41, 5.74) is 6.05. The number of carbonyl (C=O) groups is 1. The number of benzene rings is 1. The third kappa shape index (κ3) is 3.70. The van der Waals surface area contributed by atoms with Crippen LogP contribution in [0, 0.1) is 0 Å². The molecule has 0 spiro atoms.